The van der Waals surface area contributed by atoms with Crippen LogP contribution in [-0.2, 0) is 9.47 Å². The summed E-state index contributed by atoms with van der Waals surface area (Å²) in [4.78, 5) is 2.57. The average molecular weight is 244 g/mol. The van der Waals surface area contributed by atoms with Crippen LogP contribution in [0.2, 0.25) is 0 Å². The van der Waals surface area contributed by atoms with Crippen molar-refractivity contribution in [3.8, 4) is 0 Å². The number of hydrogen-bond acceptors (Lipinski definition) is 4. The summed E-state index contributed by atoms with van der Waals surface area (Å²) in [5, 5.41) is 3.46. The second kappa shape index (κ2) is 9.83. The van der Waals surface area contributed by atoms with E-state index in [0.717, 1.165) is 26.2 Å². The van der Waals surface area contributed by atoms with E-state index in [1.54, 1.807) is 7.11 Å². The molecule has 0 spiro atoms. The predicted molar refractivity (Wildman–Crippen MR) is 70.5 cm³/mol. The third-order valence-corrected chi connectivity index (χ3v) is 3.33. The molecule has 0 saturated carbocycles. The van der Waals surface area contributed by atoms with Gasteiger partial charge in [0.2, 0.25) is 0 Å². The van der Waals surface area contributed by atoms with Crippen molar-refractivity contribution in [2.75, 3.05) is 53.1 Å². The van der Waals surface area contributed by atoms with Gasteiger partial charge in [0.15, 0.2) is 0 Å². The lowest BCUT2D eigenvalue weighted by Gasteiger charge is -2.35. The molecule has 1 unspecified atom stereocenters. The molecule has 1 atom stereocenters. The van der Waals surface area contributed by atoms with Gasteiger partial charge in [0, 0.05) is 26.2 Å². The van der Waals surface area contributed by atoms with Crippen LogP contribution in [0, 0.1) is 0 Å². The first-order valence-electron chi connectivity index (χ1n) is 6.90. The molecule has 0 amide bonds. The highest BCUT2D eigenvalue weighted by Crippen LogP contribution is 2.15. The van der Waals surface area contributed by atoms with Crippen LogP contribution in [0.1, 0.15) is 26.2 Å². The lowest BCUT2D eigenvalue weighted by Crippen LogP contribution is -2.46. The summed E-state index contributed by atoms with van der Waals surface area (Å²) < 4.78 is 10.5. The molecule has 0 aliphatic carbocycles. The minimum absolute atomic E-state index is 0.695. The summed E-state index contributed by atoms with van der Waals surface area (Å²) >= 11 is 0. The number of ether oxygens (including phenoxy) is 2. The van der Waals surface area contributed by atoms with Gasteiger partial charge in [-0.05, 0) is 25.9 Å². The smallest absolute Gasteiger partial charge is 0.0700 e. The van der Waals surface area contributed by atoms with Crippen LogP contribution in [0.3, 0.4) is 0 Å². The molecular formula is C13H28N2O2. The van der Waals surface area contributed by atoms with E-state index < -0.39 is 0 Å². The van der Waals surface area contributed by atoms with Crippen LogP contribution < -0.4 is 5.32 Å². The van der Waals surface area contributed by atoms with Crippen LogP contribution in [0.4, 0.5) is 0 Å². The summed E-state index contributed by atoms with van der Waals surface area (Å²) in [6, 6.07) is 0.703. The van der Waals surface area contributed by atoms with Crippen LogP contribution in [0.15, 0.2) is 0 Å². The highest BCUT2D eigenvalue weighted by atomic mass is 16.5. The Balaban J connectivity index is 2.13. The largest absolute Gasteiger partial charge is 0.382 e. The molecule has 1 aliphatic heterocycles. The average Bonchev–Trinajstić information content (AvgIpc) is 2.37. The Hall–Kier alpha value is -0.160. The zero-order valence-electron chi connectivity index (χ0n) is 11.4. The fourth-order valence-electron chi connectivity index (χ4n) is 2.32. The van der Waals surface area contributed by atoms with Crippen molar-refractivity contribution in [1.82, 2.24) is 10.2 Å². The van der Waals surface area contributed by atoms with E-state index >= 15 is 0 Å². The van der Waals surface area contributed by atoms with Gasteiger partial charge in [-0.2, -0.15) is 0 Å². The molecule has 1 heterocycles. The molecule has 0 bridgehead atoms. The molecule has 4 heteroatoms. The summed E-state index contributed by atoms with van der Waals surface area (Å²) in [6.45, 7) is 8.86. The van der Waals surface area contributed by atoms with Gasteiger partial charge in [-0.3, -0.25) is 4.90 Å². The molecule has 4 nitrogen and oxygen atoms in total. The molecule has 1 saturated heterocycles. The minimum Gasteiger partial charge on any atom is -0.382 e. The number of likely N-dealkylation sites (N-methyl/N-ethyl adjacent to an activating group) is 1. The van der Waals surface area contributed by atoms with E-state index in [-0.39, 0.29) is 0 Å². The monoisotopic (exact) mass is 244 g/mol. The molecule has 102 valence electrons. The first-order valence-corrected chi connectivity index (χ1v) is 6.90. The first kappa shape index (κ1) is 14.9. The Labute approximate surface area is 106 Å². The maximum absolute atomic E-state index is 5.54. The number of nitrogens with one attached hydrogen (secondary N) is 1. The molecule has 0 aromatic heterocycles. The normalized spacial score (nSPS) is 21.9. The minimum atomic E-state index is 0.695. The zero-order chi connectivity index (χ0) is 12.3. The van der Waals surface area contributed by atoms with E-state index in [2.05, 4.69) is 17.1 Å². The van der Waals surface area contributed by atoms with E-state index in [1.807, 2.05) is 0 Å². The third-order valence-electron chi connectivity index (χ3n) is 3.33. The maximum Gasteiger partial charge on any atom is 0.0700 e. The van der Waals surface area contributed by atoms with Crippen molar-refractivity contribution in [2.45, 2.75) is 32.2 Å². The highest BCUT2D eigenvalue weighted by Gasteiger charge is 2.21. The van der Waals surface area contributed by atoms with E-state index in [4.69, 9.17) is 9.47 Å². The van der Waals surface area contributed by atoms with Gasteiger partial charge in [-0.25, -0.2) is 0 Å². The molecule has 0 radical (unpaired) electrons. The number of likely N-dealkylation sites (tertiary alicyclic amines) is 1. The lowest BCUT2D eigenvalue weighted by molar-refractivity contribution is 0.0424. The van der Waals surface area contributed by atoms with Crippen LogP contribution in [-0.4, -0.2) is 64.1 Å². The molecule has 1 N–H and O–H groups in total. The van der Waals surface area contributed by atoms with Crippen molar-refractivity contribution in [3.63, 3.8) is 0 Å². The number of methoxy groups -OCH3 is 1. The van der Waals surface area contributed by atoms with E-state index in [9.17, 15) is 0 Å². The topological polar surface area (TPSA) is 33.7 Å². The summed E-state index contributed by atoms with van der Waals surface area (Å²) in [7, 11) is 1.71. The van der Waals surface area contributed by atoms with Crippen LogP contribution >= 0.6 is 0 Å². The number of piperidine rings is 1. The standard InChI is InChI=1S/C13H28N2O2/c1-3-14-12-13-6-4-5-7-15(13)8-9-17-11-10-16-2/h13-14H,3-12H2,1-2H3. The van der Waals surface area contributed by atoms with Crippen molar-refractivity contribution < 1.29 is 9.47 Å². The first-order chi connectivity index (χ1) is 8.38. The Kier molecular flexibility index (Phi) is 8.61. The lowest BCUT2D eigenvalue weighted by atomic mass is 10.0. The van der Waals surface area contributed by atoms with Crippen molar-refractivity contribution >= 4 is 0 Å². The Morgan fingerprint density at radius 3 is 2.88 bits per heavy atom. The summed E-state index contributed by atoms with van der Waals surface area (Å²) in [6.07, 6.45) is 4.03. The SMILES string of the molecule is CCNCC1CCCCN1CCOCCOC. The second-order valence-corrected chi connectivity index (χ2v) is 4.60. The number of rotatable bonds is 9. The predicted octanol–water partition coefficient (Wildman–Crippen LogP) is 1.11. The maximum atomic E-state index is 5.54. The number of nitrogens with zero attached hydrogens (tertiary/aromatic N) is 1. The van der Waals surface area contributed by atoms with E-state index in [1.165, 1.54) is 25.8 Å². The van der Waals surface area contributed by atoms with E-state index in [0.29, 0.717) is 19.3 Å². The van der Waals surface area contributed by atoms with Crippen molar-refractivity contribution in [2.24, 2.45) is 0 Å². The Bertz CT molecular complexity index is 179. The van der Waals surface area contributed by atoms with Gasteiger partial charge in [-0.1, -0.05) is 13.3 Å². The molecule has 1 rings (SSSR count). The molecule has 1 aliphatic rings. The Morgan fingerprint density at radius 2 is 2.12 bits per heavy atom. The van der Waals surface area contributed by atoms with Gasteiger partial charge in [0.1, 0.15) is 0 Å². The zero-order valence-corrected chi connectivity index (χ0v) is 11.4. The van der Waals surface area contributed by atoms with Gasteiger partial charge in [0.05, 0.1) is 19.8 Å². The quantitative estimate of drug-likeness (QED) is 0.616. The summed E-state index contributed by atoms with van der Waals surface area (Å²) in [5.74, 6) is 0. The fourth-order valence-corrected chi connectivity index (χ4v) is 2.32. The van der Waals surface area contributed by atoms with Gasteiger partial charge >= 0.3 is 0 Å². The summed E-state index contributed by atoms with van der Waals surface area (Å²) in [5.41, 5.74) is 0. The molecular weight excluding hydrogens is 216 g/mol. The van der Waals surface area contributed by atoms with Crippen LogP contribution in [0.25, 0.3) is 0 Å². The number of hydrogen-bond donors (Lipinski definition) is 1. The molecule has 0 aromatic rings. The van der Waals surface area contributed by atoms with Crippen LogP contribution in [0.5, 0.6) is 0 Å². The second-order valence-electron chi connectivity index (χ2n) is 4.60. The van der Waals surface area contributed by atoms with Gasteiger partial charge in [0.25, 0.3) is 0 Å². The molecule has 1 fully saturated rings. The van der Waals surface area contributed by atoms with Gasteiger partial charge < -0.3 is 14.8 Å². The third kappa shape index (κ3) is 6.36. The highest BCUT2D eigenvalue weighted by molar-refractivity contribution is 4.78. The fraction of sp³-hybridized carbons (Fsp3) is 1.00. The molecule has 17 heavy (non-hydrogen) atoms. The van der Waals surface area contributed by atoms with Gasteiger partial charge in [-0.15, -0.1) is 0 Å². The Morgan fingerprint density at radius 1 is 1.24 bits per heavy atom. The molecule has 0 aromatic carbocycles. The van der Waals surface area contributed by atoms with Crippen molar-refractivity contribution in [1.29, 1.82) is 0 Å². The van der Waals surface area contributed by atoms with Crippen molar-refractivity contribution in [3.05, 3.63) is 0 Å².